The summed E-state index contributed by atoms with van der Waals surface area (Å²) in [5, 5.41) is 0.608. The fraction of sp³-hybridized carbons (Fsp3) is 0.538. The summed E-state index contributed by atoms with van der Waals surface area (Å²) in [6.45, 7) is 3.84. The van der Waals surface area contributed by atoms with Gasteiger partial charge in [-0.1, -0.05) is 22.9 Å². The Morgan fingerprint density at radius 1 is 1.20 bits per heavy atom. The molecule has 0 unspecified atom stereocenters. The molecule has 112 valence electrons. The number of nitrogens with zero attached hydrogens (tertiary/aromatic N) is 1. The monoisotopic (exact) mass is 363 g/mol. The number of rotatable bonds is 6. The Bertz CT molecular complexity index is 555. The molecule has 1 aromatic rings. The van der Waals surface area contributed by atoms with Gasteiger partial charge in [-0.3, -0.25) is 0 Å². The maximum absolute atomic E-state index is 12.6. The van der Waals surface area contributed by atoms with Crippen LogP contribution < -0.4 is 9.47 Å². The number of benzene rings is 1. The number of hydrogen-bond donors (Lipinski definition) is 0. The van der Waals surface area contributed by atoms with Crippen molar-refractivity contribution < 1.29 is 17.9 Å². The number of fused-ring (bicyclic) bond motifs is 1. The van der Waals surface area contributed by atoms with E-state index in [4.69, 9.17) is 9.47 Å². The van der Waals surface area contributed by atoms with Gasteiger partial charge in [0.1, 0.15) is 13.2 Å². The number of hydrogen-bond acceptors (Lipinski definition) is 4. The predicted octanol–water partition coefficient (Wildman–Crippen LogP) is 2.25. The number of sulfonamides is 1. The van der Waals surface area contributed by atoms with Crippen LogP contribution in [0.15, 0.2) is 23.1 Å². The number of ether oxygens (including phenoxy) is 2. The van der Waals surface area contributed by atoms with Crippen LogP contribution >= 0.6 is 15.9 Å². The third-order valence-corrected chi connectivity index (χ3v) is 5.21. The van der Waals surface area contributed by atoms with Crippen LogP contribution in [0, 0.1) is 0 Å². The summed E-state index contributed by atoms with van der Waals surface area (Å²) in [5.74, 6) is 1.09. The quantitative estimate of drug-likeness (QED) is 0.727. The lowest BCUT2D eigenvalue weighted by atomic mass is 10.3. The van der Waals surface area contributed by atoms with Gasteiger partial charge in [0, 0.05) is 24.5 Å². The van der Waals surface area contributed by atoms with Crippen LogP contribution in [0.25, 0.3) is 0 Å². The molecule has 0 aromatic heterocycles. The molecule has 0 fully saturated rings. The van der Waals surface area contributed by atoms with E-state index in [1.165, 1.54) is 4.31 Å². The van der Waals surface area contributed by atoms with Gasteiger partial charge < -0.3 is 9.47 Å². The lowest BCUT2D eigenvalue weighted by Crippen LogP contribution is -2.33. The first-order valence-electron chi connectivity index (χ1n) is 6.55. The Balaban J connectivity index is 2.32. The second-order valence-corrected chi connectivity index (χ2v) is 7.13. The molecular formula is C13H18BrNO4S. The van der Waals surface area contributed by atoms with Crippen molar-refractivity contribution in [1.82, 2.24) is 4.31 Å². The molecule has 7 heteroatoms. The molecule has 0 radical (unpaired) electrons. The normalized spacial score (nSPS) is 14.6. The Morgan fingerprint density at radius 2 is 1.90 bits per heavy atom. The van der Waals surface area contributed by atoms with Crippen molar-refractivity contribution in [1.29, 1.82) is 0 Å². The maximum Gasteiger partial charge on any atom is 0.243 e. The van der Waals surface area contributed by atoms with E-state index in [1.54, 1.807) is 18.2 Å². The van der Waals surface area contributed by atoms with E-state index in [9.17, 15) is 8.42 Å². The molecule has 20 heavy (non-hydrogen) atoms. The van der Waals surface area contributed by atoms with Crippen molar-refractivity contribution in [3.63, 3.8) is 0 Å². The first-order chi connectivity index (χ1) is 9.59. The van der Waals surface area contributed by atoms with Gasteiger partial charge in [0.05, 0.1) is 4.90 Å². The molecule has 1 aliphatic rings. The molecule has 1 aliphatic heterocycles. The van der Waals surface area contributed by atoms with Crippen LogP contribution in [0.1, 0.15) is 13.3 Å². The lowest BCUT2D eigenvalue weighted by molar-refractivity contribution is 0.171. The summed E-state index contributed by atoms with van der Waals surface area (Å²) in [7, 11) is -3.49. The number of halogens is 1. The van der Waals surface area contributed by atoms with Gasteiger partial charge in [0.15, 0.2) is 11.5 Å². The molecule has 0 saturated carbocycles. The van der Waals surface area contributed by atoms with E-state index in [2.05, 4.69) is 15.9 Å². The fourth-order valence-electron chi connectivity index (χ4n) is 2.03. The van der Waals surface area contributed by atoms with Crippen LogP contribution in [0.2, 0.25) is 0 Å². The molecule has 1 heterocycles. The highest BCUT2D eigenvalue weighted by molar-refractivity contribution is 9.09. The van der Waals surface area contributed by atoms with Crippen molar-refractivity contribution in [2.45, 2.75) is 18.2 Å². The summed E-state index contributed by atoms with van der Waals surface area (Å²) < 4.78 is 37.5. The van der Waals surface area contributed by atoms with Gasteiger partial charge in [0.2, 0.25) is 10.0 Å². The minimum Gasteiger partial charge on any atom is -0.486 e. The van der Waals surface area contributed by atoms with Gasteiger partial charge in [-0.2, -0.15) is 4.31 Å². The summed E-state index contributed by atoms with van der Waals surface area (Å²) in [6.07, 6.45) is 0.775. The first-order valence-corrected chi connectivity index (χ1v) is 9.11. The van der Waals surface area contributed by atoms with Gasteiger partial charge in [-0.15, -0.1) is 0 Å². The van der Waals surface area contributed by atoms with Crippen molar-refractivity contribution in [2.24, 2.45) is 0 Å². The second kappa shape index (κ2) is 6.78. The van der Waals surface area contributed by atoms with Crippen molar-refractivity contribution >= 4 is 26.0 Å². The molecule has 0 amide bonds. The molecule has 0 N–H and O–H groups in total. The standard InChI is InChI=1S/C13H18BrNO4S/c1-2-6-15(7-5-14)20(16,17)11-3-4-12-13(10-11)19-9-8-18-12/h3-4,10H,2,5-9H2,1H3. The minimum atomic E-state index is -3.49. The molecule has 0 atom stereocenters. The van der Waals surface area contributed by atoms with Gasteiger partial charge in [-0.05, 0) is 18.6 Å². The van der Waals surface area contributed by atoms with Gasteiger partial charge >= 0.3 is 0 Å². The molecule has 0 saturated heterocycles. The second-order valence-electron chi connectivity index (χ2n) is 4.40. The first kappa shape index (κ1) is 15.6. The van der Waals surface area contributed by atoms with Gasteiger partial charge in [0.25, 0.3) is 0 Å². The van der Waals surface area contributed by atoms with E-state index in [0.29, 0.717) is 43.1 Å². The van der Waals surface area contributed by atoms with Crippen LogP contribution in [0.5, 0.6) is 11.5 Å². The minimum absolute atomic E-state index is 0.246. The lowest BCUT2D eigenvalue weighted by Gasteiger charge is -2.23. The fourth-order valence-corrected chi connectivity index (χ4v) is 4.24. The molecule has 5 nitrogen and oxygen atoms in total. The Kier molecular flexibility index (Phi) is 5.29. The molecule has 2 rings (SSSR count). The predicted molar refractivity (Wildman–Crippen MR) is 80.3 cm³/mol. The Labute approximate surface area is 128 Å². The van der Waals surface area contributed by atoms with Crippen molar-refractivity contribution in [3.05, 3.63) is 18.2 Å². The largest absolute Gasteiger partial charge is 0.486 e. The van der Waals surface area contributed by atoms with E-state index < -0.39 is 10.0 Å². The molecular weight excluding hydrogens is 346 g/mol. The third-order valence-electron chi connectivity index (χ3n) is 2.96. The summed E-state index contributed by atoms with van der Waals surface area (Å²) in [4.78, 5) is 0.246. The SMILES string of the molecule is CCCN(CCBr)S(=O)(=O)c1ccc2c(c1)OCCO2. The van der Waals surface area contributed by atoms with E-state index >= 15 is 0 Å². The highest BCUT2D eigenvalue weighted by Crippen LogP contribution is 2.33. The molecule has 1 aromatic carbocycles. The van der Waals surface area contributed by atoms with E-state index in [0.717, 1.165) is 6.42 Å². The van der Waals surface area contributed by atoms with Crippen LogP contribution in [0.3, 0.4) is 0 Å². The molecule has 0 aliphatic carbocycles. The average molecular weight is 364 g/mol. The van der Waals surface area contributed by atoms with Crippen LogP contribution in [0.4, 0.5) is 0 Å². The molecule has 0 bridgehead atoms. The summed E-state index contributed by atoms with van der Waals surface area (Å²) in [5.41, 5.74) is 0. The van der Waals surface area contributed by atoms with Crippen molar-refractivity contribution in [3.8, 4) is 11.5 Å². The Hall–Kier alpha value is -0.790. The van der Waals surface area contributed by atoms with Crippen molar-refractivity contribution in [2.75, 3.05) is 31.6 Å². The summed E-state index contributed by atoms with van der Waals surface area (Å²) >= 11 is 3.29. The highest BCUT2D eigenvalue weighted by atomic mass is 79.9. The van der Waals surface area contributed by atoms with E-state index in [-0.39, 0.29) is 4.90 Å². The number of alkyl halides is 1. The van der Waals surface area contributed by atoms with Gasteiger partial charge in [-0.25, -0.2) is 8.42 Å². The van der Waals surface area contributed by atoms with E-state index in [1.807, 2.05) is 6.92 Å². The highest BCUT2D eigenvalue weighted by Gasteiger charge is 2.25. The zero-order valence-corrected chi connectivity index (χ0v) is 13.7. The maximum atomic E-state index is 12.6. The average Bonchev–Trinajstić information content (AvgIpc) is 2.46. The Morgan fingerprint density at radius 3 is 2.55 bits per heavy atom. The smallest absolute Gasteiger partial charge is 0.243 e. The van der Waals surface area contributed by atoms with Crippen LogP contribution in [-0.4, -0.2) is 44.4 Å². The zero-order valence-electron chi connectivity index (χ0n) is 11.3. The summed E-state index contributed by atoms with van der Waals surface area (Å²) in [6, 6.07) is 4.76. The topological polar surface area (TPSA) is 55.8 Å². The third kappa shape index (κ3) is 3.27. The van der Waals surface area contributed by atoms with Crippen LogP contribution in [-0.2, 0) is 10.0 Å². The zero-order chi connectivity index (χ0) is 14.6. The molecule has 0 spiro atoms.